The lowest BCUT2D eigenvalue weighted by molar-refractivity contribution is -0.161. The van der Waals surface area contributed by atoms with Gasteiger partial charge in [-0.05, 0) is 30.2 Å². The fourth-order valence-electron chi connectivity index (χ4n) is 4.13. The molecule has 0 fully saturated rings. The van der Waals surface area contributed by atoms with Gasteiger partial charge in [-0.1, -0.05) is 58.4 Å². The third-order valence-corrected chi connectivity index (χ3v) is 5.92. The molecule has 0 aliphatic heterocycles. The number of rotatable bonds is 4. The van der Waals surface area contributed by atoms with E-state index in [-0.39, 0.29) is 18.6 Å². The van der Waals surface area contributed by atoms with Crippen LogP contribution in [0.25, 0.3) is 0 Å². The van der Waals surface area contributed by atoms with Crippen molar-refractivity contribution < 1.29 is 14.6 Å². The van der Waals surface area contributed by atoms with Crippen molar-refractivity contribution in [1.29, 1.82) is 0 Å². The number of hydrogen-bond acceptors (Lipinski definition) is 4. The number of aromatic amines is 2. The van der Waals surface area contributed by atoms with Crippen LogP contribution < -0.4 is 5.56 Å². The van der Waals surface area contributed by atoms with Gasteiger partial charge < -0.3 is 14.9 Å². The molecule has 0 saturated heterocycles. The van der Waals surface area contributed by atoms with Gasteiger partial charge in [0, 0.05) is 28.1 Å². The Morgan fingerprint density at radius 1 is 1.21 bits per heavy atom. The molecule has 1 heterocycles. The summed E-state index contributed by atoms with van der Waals surface area (Å²) in [5, 5.41) is 16.7. The van der Waals surface area contributed by atoms with Gasteiger partial charge in [0.1, 0.15) is 6.61 Å². The number of nitrogens with one attached hydrogen (secondary N) is 2. The van der Waals surface area contributed by atoms with Gasteiger partial charge in [-0.3, -0.25) is 14.7 Å². The highest BCUT2D eigenvalue weighted by Gasteiger charge is 2.51. The van der Waals surface area contributed by atoms with E-state index < -0.39 is 23.4 Å². The Labute approximate surface area is 176 Å². The molecule has 1 aliphatic rings. The Morgan fingerprint density at radius 2 is 1.97 bits per heavy atom. The van der Waals surface area contributed by atoms with Crippen LogP contribution in [0.2, 0.25) is 0 Å². The number of halogens is 1. The number of carbonyl (C=O) groups excluding carboxylic acids is 1. The van der Waals surface area contributed by atoms with Crippen molar-refractivity contribution >= 4 is 21.9 Å². The van der Waals surface area contributed by atoms with Crippen LogP contribution in [0, 0.1) is 5.92 Å². The molecule has 0 radical (unpaired) electrons. The monoisotopic (exact) mass is 456 g/mol. The molecule has 0 amide bonds. The lowest BCUT2D eigenvalue weighted by atomic mass is 9.66. The van der Waals surface area contributed by atoms with E-state index in [1.807, 2.05) is 54.6 Å². The summed E-state index contributed by atoms with van der Waals surface area (Å²) < 4.78 is 6.41. The summed E-state index contributed by atoms with van der Waals surface area (Å²) >= 11 is 3.45. The average molecular weight is 457 g/mol. The maximum atomic E-state index is 13.2. The molecule has 0 unspecified atom stereocenters. The van der Waals surface area contributed by atoms with Crippen LogP contribution in [0.1, 0.15) is 35.2 Å². The molecule has 3 aromatic rings. The number of esters is 1. The second kappa shape index (κ2) is 7.65. The molecule has 3 N–H and O–H groups in total. The zero-order valence-corrected chi connectivity index (χ0v) is 17.4. The normalized spacial score (nSPS) is 23.4. The summed E-state index contributed by atoms with van der Waals surface area (Å²) in [6.07, 6.45) is 0.149. The van der Waals surface area contributed by atoms with Gasteiger partial charge in [-0.25, -0.2) is 0 Å². The molecule has 3 atom stereocenters. The van der Waals surface area contributed by atoms with Crippen molar-refractivity contribution in [3.8, 4) is 0 Å². The smallest absolute Gasteiger partial charge is 0.313 e. The third-order valence-electron chi connectivity index (χ3n) is 5.43. The predicted molar refractivity (Wildman–Crippen MR) is 111 cm³/mol. The minimum Gasteiger partial charge on any atom is -0.460 e. The molecular weight excluding hydrogens is 436 g/mol. The van der Waals surface area contributed by atoms with Crippen molar-refractivity contribution in [1.82, 2.24) is 10.2 Å². The van der Waals surface area contributed by atoms with Crippen molar-refractivity contribution in [2.45, 2.75) is 31.5 Å². The minimum atomic E-state index is -1.39. The summed E-state index contributed by atoms with van der Waals surface area (Å²) in [4.78, 5) is 25.7. The Morgan fingerprint density at radius 3 is 2.69 bits per heavy atom. The molecule has 4 rings (SSSR count). The van der Waals surface area contributed by atoms with E-state index in [0.29, 0.717) is 11.3 Å². The van der Waals surface area contributed by atoms with Crippen molar-refractivity contribution in [2.24, 2.45) is 5.92 Å². The number of H-pyrrole nitrogens is 2. The van der Waals surface area contributed by atoms with E-state index in [9.17, 15) is 14.7 Å². The lowest BCUT2D eigenvalue weighted by Crippen LogP contribution is -2.50. The Bertz CT molecular complexity index is 1090. The molecule has 2 aromatic carbocycles. The van der Waals surface area contributed by atoms with Gasteiger partial charge in [-0.2, -0.15) is 0 Å². The summed E-state index contributed by atoms with van der Waals surface area (Å²) in [5.74, 6) is -2.09. The molecule has 7 heteroatoms. The van der Waals surface area contributed by atoms with Crippen molar-refractivity contribution in [3.05, 3.63) is 91.8 Å². The Balaban J connectivity index is 1.75. The number of aliphatic hydroxyl groups is 1. The van der Waals surface area contributed by atoms with Crippen LogP contribution in [0.5, 0.6) is 0 Å². The largest absolute Gasteiger partial charge is 0.460 e. The topological polar surface area (TPSA) is 95.2 Å². The minimum absolute atomic E-state index is 0.105. The number of fused-ring (bicyclic) bond motifs is 1. The predicted octanol–water partition coefficient (Wildman–Crippen LogP) is 3.26. The lowest BCUT2D eigenvalue weighted by Gasteiger charge is -2.40. The first kappa shape index (κ1) is 19.7. The molecule has 150 valence electrons. The molecule has 6 nitrogen and oxygen atoms in total. The summed E-state index contributed by atoms with van der Waals surface area (Å²) in [6.45, 7) is 1.72. The first-order valence-corrected chi connectivity index (χ1v) is 10.1. The van der Waals surface area contributed by atoms with E-state index in [2.05, 4.69) is 26.1 Å². The van der Waals surface area contributed by atoms with Crippen molar-refractivity contribution in [3.63, 3.8) is 0 Å². The fourth-order valence-corrected chi connectivity index (χ4v) is 4.55. The SMILES string of the molecule is C[C@]1(O)Cc2[nH][nH]c(=O)c2[C@@H](c2cccc(Br)c2)[C@@H]1C(=O)OCc1ccccc1. The zero-order chi connectivity index (χ0) is 20.6. The highest BCUT2D eigenvalue weighted by Crippen LogP contribution is 2.45. The standard InChI is InChI=1S/C22H21BrN2O4/c1-22(28)11-16-18(20(26)25-24-16)17(14-8-5-9-15(23)10-14)19(22)21(27)29-12-13-6-3-2-4-7-13/h2-10,17,19,28H,11-12H2,1H3,(H2,24,25,26)/t17-,19-,22+/m1/s1. The number of benzene rings is 2. The van der Waals surface area contributed by atoms with E-state index in [1.165, 1.54) is 0 Å². The van der Waals surface area contributed by atoms with E-state index >= 15 is 0 Å². The van der Waals surface area contributed by atoms with Crippen LogP contribution >= 0.6 is 15.9 Å². The second-order valence-corrected chi connectivity index (χ2v) is 8.52. The van der Waals surface area contributed by atoms with Gasteiger partial charge in [0.25, 0.3) is 5.56 Å². The van der Waals surface area contributed by atoms with Crippen LogP contribution in [0.4, 0.5) is 0 Å². The summed E-state index contributed by atoms with van der Waals surface area (Å²) in [7, 11) is 0. The zero-order valence-electron chi connectivity index (χ0n) is 15.8. The number of hydrogen-bond donors (Lipinski definition) is 3. The number of carbonyl (C=O) groups is 1. The van der Waals surface area contributed by atoms with Crippen LogP contribution in [0.3, 0.4) is 0 Å². The number of ether oxygens (including phenoxy) is 1. The van der Waals surface area contributed by atoms with Crippen molar-refractivity contribution in [2.75, 3.05) is 0 Å². The van der Waals surface area contributed by atoms with E-state index in [1.54, 1.807) is 6.92 Å². The van der Waals surface area contributed by atoms with E-state index in [4.69, 9.17) is 4.74 Å². The highest BCUT2D eigenvalue weighted by atomic mass is 79.9. The first-order valence-electron chi connectivity index (χ1n) is 9.34. The van der Waals surface area contributed by atoms with Gasteiger partial charge in [0.2, 0.25) is 0 Å². The van der Waals surface area contributed by atoms with Gasteiger partial charge >= 0.3 is 5.97 Å². The maximum absolute atomic E-state index is 13.2. The highest BCUT2D eigenvalue weighted by molar-refractivity contribution is 9.10. The van der Waals surface area contributed by atoms with Gasteiger partial charge in [0.05, 0.1) is 11.5 Å². The first-order chi connectivity index (χ1) is 13.9. The molecule has 1 aromatic heterocycles. The second-order valence-electron chi connectivity index (χ2n) is 7.61. The maximum Gasteiger partial charge on any atom is 0.313 e. The molecule has 29 heavy (non-hydrogen) atoms. The van der Waals surface area contributed by atoms with Crippen LogP contribution in [0.15, 0.2) is 63.9 Å². The Hall–Kier alpha value is -2.64. The Kier molecular flexibility index (Phi) is 5.19. The molecule has 0 spiro atoms. The van der Waals surface area contributed by atoms with E-state index in [0.717, 1.165) is 15.6 Å². The quantitative estimate of drug-likeness (QED) is 0.525. The van der Waals surface area contributed by atoms with Gasteiger partial charge in [-0.15, -0.1) is 0 Å². The molecule has 1 aliphatic carbocycles. The molecule has 0 saturated carbocycles. The fraction of sp³-hybridized carbons (Fsp3) is 0.273. The number of aromatic nitrogens is 2. The molecular formula is C22H21BrN2O4. The van der Waals surface area contributed by atoms with Crippen LogP contribution in [-0.4, -0.2) is 26.9 Å². The molecule has 0 bridgehead atoms. The third kappa shape index (κ3) is 3.80. The summed E-state index contributed by atoms with van der Waals surface area (Å²) in [5.41, 5.74) is 1.01. The average Bonchev–Trinajstić information content (AvgIpc) is 3.05. The van der Waals surface area contributed by atoms with Gasteiger partial charge in [0.15, 0.2) is 0 Å². The summed E-state index contributed by atoms with van der Waals surface area (Å²) in [6, 6.07) is 16.8. The van der Waals surface area contributed by atoms with Crippen LogP contribution in [-0.2, 0) is 22.6 Å².